The van der Waals surface area contributed by atoms with Crippen LogP contribution in [0, 0.1) is 23.7 Å². The summed E-state index contributed by atoms with van der Waals surface area (Å²) in [6.07, 6.45) is -1.55. The number of likely N-dealkylation sites (tertiary alicyclic amines) is 1. The lowest BCUT2D eigenvalue weighted by molar-refractivity contribution is -0.911. The van der Waals surface area contributed by atoms with Crippen LogP contribution in [0.3, 0.4) is 0 Å². The van der Waals surface area contributed by atoms with Crippen molar-refractivity contribution < 1.29 is 69.0 Å². The summed E-state index contributed by atoms with van der Waals surface area (Å²) in [5.74, 6) is -4.91. The number of piperidine rings is 1. The van der Waals surface area contributed by atoms with Gasteiger partial charge in [0.1, 0.15) is 31.0 Å². The molecule has 0 amide bonds. The number of hydrogen-bond acceptors (Lipinski definition) is 13. The van der Waals surface area contributed by atoms with E-state index in [1.807, 2.05) is 0 Å². The van der Waals surface area contributed by atoms with Gasteiger partial charge in [0.15, 0.2) is 19.0 Å². The number of ether oxygens (including phenoxy) is 5. The number of aliphatic imine (C=N–C) groups is 1. The summed E-state index contributed by atoms with van der Waals surface area (Å²) in [5.41, 5.74) is 6.06. The standard InChI is InChI=1S/C29H47N5O12/c1-5-16-17(7-6-15-10-34(8-9-35)11-18(25(39)40)21(15)33-29(30)32-3)19(26(41)42-4)13-43-27(16)46-28-24(44-14-31-2)23(38)22(37)20(12-36)45-28/h5-7,13,15-18,20-24,27-28,31,35-38H,1,8-12,14H2,2-4H3,(H,39,40)(H3,30,32,33)/p+1. The van der Waals surface area contributed by atoms with Crippen molar-refractivity contribution in [2.45, 2.75) is 43.0 Å². The first-order valence-corrected chi connectivity index (χ1v) is 15.1. The van der Waals surface area contributed by atoms with Gasteiger partial charge in [0.2, 0.25) is 6.29 Å². The van der Waals surface area contributed by atoms with Gasteiger partial charge in [-0.3, -0.25) is 4.99 Å². The van der Waals surface area contributed by atoms with Crippen LogP contribution >= 0.6 is 0 Å². The molecule has 12 unspecified atom stereocenters. The van der Waals surface area contributed by atoms with E-state index in [1.54, 1.807) is 24.5 Å². The van der Waals surface area contributed by atoms with Gasteiger partial charge in [0.05, 0.1) is 76.1 Å². The molecule has 0 radical (unpaired) electrons. The average Bonchev–Trinajstić information content (AvgIpc) is 3.05. The first-order chi connectivity index (χ1) is 22.0. The third-order valence-electron chi connectivity index (χ3n) is 8.48. The summed E-state index contributed by atoms with van der Waals surface area (Å²) in [7, 11) is 4.42. The number of hydrogen-bond donors (Lipinski definition) is 8. The predicted molar refractivity (Wildman–Crippen MR) is 157 cm³/mol. The van der Waals surface area contributed by atoms with Crippen molar-refractivity contribution in [2.24, 2.45) is 34.4 Å². The number of aliphatic hydroxyl groups excluding tert-OH is 4. The molecule has 3 heterocycles. The van der Waals surface area contributed by atoms with E-state index >= 15 is 0 Å². The number of carbonyl (C=O) groups is 2. The zero-order valence-corrected chi connectivity index (χ0v) is 26.3. The quantitative estimate of drug-likeness (QED) is 0.0284. The summed E-state index contributed by atoms with van der Waals surface area (Å²) in [5, 5.41) is 57.3. The molecule has 17 nitrogen and oxygen atoms in total. The van der Waals surface area contributed by atoms with Crippen LogP contribution in [0.15, 0.2) is 41.6 Å². The zero-order chi connectivity index (χ0) is 34.0. The molecular formula is C29H48N5O12+. The number of allylic oxidation sites excluding steroid dienone is 1. The van der Waals surface area contributed by atoms with Crippen LogP contribution < -0.4 is 26.4 Å². The normalized spacial score (nSPS) is 36.8. The molecule has 0 spiro atoms. The monoisotopic (exact) mass is 658 g/mol. The Balaban J connectivity index is 1.97. The van der Waals surface area contributed by atoms with Gasteiger partial charge in [0.25, 0.3) is 0 Å². The number of nitrogens with one attached hydrogen (secondary N) is 2. The largest absolute Gasteiger partial charge is 0.550 e. The summed E-state index contributed by atoms with van der Waals surface area (Å²) in [6.45, 7) is 4.17. The summed E-state index contributed by atoms with van der Waals surface area (Å²) >= 11 is 0. The Hall–Kier alpha value is -3.13. The molecule has 0 aliphatic carbocycles. The van der Waals surface area contributed by atoms with Crippen molar-refractivity contribution >= 4 is 17.9 Å². The number of methoxy groups -OCH3 is 1. The van der Waals surface area contributed by atoms with Gasteiger partial charge in [-0.25, -0.2) is 4.79 Å². The van der Waals surface area contributed by atoms with Crippen molar-refractivity contribution in [1.29, 1.82) is 0 Å². The molecule has 12 atom stereocenters. The minimum Gasteiger partial charge on any atom is -0.550 e. The Morgan fingerprint density at radius 2 is 2.00 bits per heavy atom. The topological polar surface area (TPSA) is 256 Å². The molecule has 2 fully saturated rings. The Morgan fingerprint density at radius 3 is 2.59 bits per heavy atom. The Morgan fingerprint density at radius 1 is 1.26 bits per heavy atom. The van der Waals surface area contributed by atoms with Crippen molar-refractivity contribution in [1.82, 2.24) is 5.32 Å². The van der Waals surface area contributed by atoms with Crippen molar-refractivity contribution in [2.75, 3.05) is 60.8 Å². The van der Waals surface area contributed by atoms with Crippen molar-refractivity contribution in [3.63, 3.8) is 0 Å². The number of carboxylic acid groups (broad SMARTS) is 1. The lowest BCUT2D eigenvalue weighted by atomic mass is 9.79. The summed E-state index contributed by atoms with van der Waals surface area (Å²) in [6, 6.07) is -0.723. The number of aliphatic hydroxyl groups is 4. The van der Waals surface area contributed by atoms with Gasteiger partial charge in [-0.05, 0) is 0 Å². The van der Waals surface area contributed by atoms with Crippen LogP contribution in [-0.4, -0.2) is 142 Å². The van der Waals surface area contributed by atoms with E-state index < -0.39 is 85.3 Å². The van der Waals surface area contributed by atoms with E-state index in [2.05, 4.69) is 16.9 Å². The lowest BCUT2D eigenvalue weighted by Crippen LogP contribution is -3.16. The number of guanidine groups is 1. The number of nitrogens with zero attached hydrogens (tertiary/aromatic N) is 1. The molecular weight excluding hydrogens is 610 g/mol. The number of rotatable bonds is 14. The number of aliphatic carboxylic acids is 1. The maximum Gasteiger partial charge on any atom is 0.337 e. The Bertz CT molecular complexity index is 1120. The van der Waals surface area contributed by atoms with Crippen molar-refractivity contribution in [3.8, 4) is 0 Å². The third kappa shape index (κ3) is 8.81. The lowest BCUT2D eigenvalue weighted by Gasteiger charge is -2.44. The van der Waals surface area contributed by atoms with E-state index in [0.29, 0.717) is 13.1 Å². The molecule has 3 aliphatic heterocycles. The van der Waals surface area contributed by atoms with Gasteiger partial charge >= 0.3 is 5.97 Å². The number of carboxylic acids is 1. The molecule has 3 aliphatic rings. The predicted octanol–water partition coefficient (Wildman–Crippen LogP) is -6.86. The van der Waals surface area contributed by atoms with Gasteiger partial charge in [-0.2, -0.15) is 0 Å². The van der Waals surface area contributed by atoms with Crippen molar-refractivity contribution in [3.05, 3.63) is 36.6 Å². The zero-order valence-electron chi connectivity index (χ0n) is 26.3. The second-order valence-corrected chi connectivity index (χ2v) is 11.3. The average molecular weight is 659 g/mol. The van der Waals surface area contributed by atoms with Crippen LogP contribution in [0.1, 0.15) is 0 Å². The number of esters is 1. The molecule has 0 bridgehead atoms. The fourth-order valence-electron chi connectivity index (χ4n) is 6.05. The molecule has 2 saturated heterocycles. The maximum absolute atomic E-state index is 12.9. The SMILES string of the molecule is C=CC1C(OC2OC(CO)C(O)C(O)C2OC[NH2+]C)OC=C(C(=O)OC)C1C=CC1C[NH+](CCO)CC(C(=O)[O-])C1NC(N)=NC. The number of nitrogens with two attached hydrogens (primary N) is 2. The highest BCUT2D eigenvalue weighted by Crippen LogP contribution is 2.37. The molecule has 260 valence electrons. The van der Waals surface area contributed by atoms with Crippen LogP contribution in [0.2, 0.25) is 0 Å². The van der Waals surface area contributed by atoms with Crippen LogP contribution in [0.5, 0.6) is 0 Å². The smallest absolute Gasteiger partial charge is 0.337 e. The Kier molecular flexibility index (Phi) is 14.4. The molecule has 0 saturated carbocycles. The van der Waals surface area contributed by atoms with E-state index in [4.69, 9.17) is 29.4 Å². The first-order valence-electron chi connectivity index (χ1n) is 15.1. The molecule has 3 rings (SSSR count). The third-order valence-corrected chi connectivity index (χ3v) is 8.48. The van der Waals surface area contributed by atoms with Gasteiger partial charge < -0.3 is 75.3 Å². The number of carbonyl (C=O) groups excluding carboxylic acids is 2. The van der Waals surface area contributed by atoms with E-state index in [9.17, 15) is 35.1 Å². The second-order valence-electron chi connectivity index (χ2n) is 11.3. The van der Waals surface area contributed by atoms with Gasteiger partial charge in [-0.1, -0.05) is 18.2 Å². The van der Waals surface area contributed by atoms with E-state index in [-0.39, 0.29) is 31.4 Å². The minimum absolute atomic E-state index is 0.0392. The van der Waals surface area contributed by atoms with Crippen LogP contribution in [0.25, 0.3) is 0 Å². The van der Waals surface area contributed by atoms with Gasteiger partial charge in [0, 0.05) is 18.9 Å². The summed E-state index contributed by atoms with van der Waals surface area (Å²) < 4.78 is 28.4. The highest BCUT2D eigenvalue weighted by atomic mass is 16.8. The highest BCUT2D eigenvalue weighted by Gasteiger charge is 2.49. The van der Waals surface area contributed by atoms with Crippen LogP contribution in [-0.2, 0) is 33.3 Å². The first kappa shape index (κ1) is 37.3. The molecule has 0 aromatic rings. The molecule has 46 heavy (non-hydrogen) atoms. The van der Waals surface area contributed by atoms with Crippen LogP contribution in [0.4, 0.5) is 0 Å². The maximum atomic E-state index is 12.9. The summed E-state index contributed by atoms with van der Waals surface area (Å²) in [4.78, 5) is 29.8. The Labute approximate surface area is 267 Å². The van der Waals surface area contributed by atoms with Gasteiger partial charge in [-0.15, -0.1) is 6.58 Å². The molecule has 0 aromatic carbocycles. The molecule has 17 heteroatoms. The molecule has 0 aromatic heterocycles. The number of quaternary nitrogens is 2. The fraction of sp³-hybridized carbons (Fsp3) is 0.690. The van der Waals surface area contributed by atoms with E-state index in [1.165, 1.54) is 26.5 Å². The second kappa shape index (κ2) is 17.7. The minimum atomic E-state index is -1.46. The highest BCUT2D eigenvalue weighted by molar-refractivity contribution is 5.89. The molecule has 10 N–H and O–H groups in total. The van der Waals surface area contributed by atoms with E-state index in [0.717, 1.165) is 4.90 Å². The fourth-order valence-corrected chi connectivity index (χ4v) is 6.05.